The van der Waals surface area contributed by atoms with Crippen molar-refractivity contribution in [2.24, 2.45) is 0 Å². The summed E-state index contributed by atoms with van der Waals surface area (Å²) in [6.45, 7) is 4.86. The van der Waals surface area contributed by atoms with Crippen LogP contribution in [0, 0.1) is 6.92 Å². The Bertz CT molecular complexity index is 814. The monoisotopic (exact) mass is 327 g/mol. The fourth-order valence-corrected chi connectivity index (χ4v) is 3.84. The van der Waals surface area contributed by atoms with Crippen molar-refractivity contribution in [2.75, 3.05) is 31.1 Å². The average Bonchev–Trinajstić information content (AvgIpc) is 3.20. The van der Waals surface area contributed by atoms with Gasteiger partial charge in [-0.05, 0) is 19.1 Å². The second-order valence-corrected chi connectivity index (χ2v) is 6.63. The molecule has 7 heteroatoms. The van der Waals surface area contributed by atoms with Crippen LogP contribution in [0.5, 0.6) is 0 Å². The number of nitrogens with one attached hydrogen (secondary N) is 1. The molecule has 2 aromatic heterocycles. The van der Waals surface area contributed by atoms with Gasteiger partial charge in [0, 0.05) is 31.9 Å². The molecule has 3 aromatic rings. The number of fused-ring (bicyclic) bond motifs is 1. The number of benzene rings is 1. The summed E-state index contributed by atoms with van der Waals surface area (Å²) in [6, 6.07) is 8.17. The lowest BCUT2D eigenvalue weighted by Crippen LogP contribution is -2.49. The van der Waals surface area contributed by atoms with E-state index < -0.39 is 0 Å². The highest BCUT2D eigenvalue weighted by Gasteiger charge is 2.25. The van der Waals surface area contributed by atoms with E-state index in [2.05, 4.69) is 20.9 Å². The van der Waals surface area contributed by atoms with Gasteiger partial charge in [0.2, 0.25) is 0 Å². The second-order valence-electron chi connectivity index (χ2n) is 5.62. The summed E-state index contributed by atoms with van der Waals surface area (Å²) in [5.74, 6) is 0.00713. The van der Waals surface area contributed by atoms with Crippen LogP contribution < -0.4 is 4.90 Å². The molecule has 0 bridgehead atoms. The second kappa shape index (κ2) is 5.66. The van der Waals surface area contributed by atoms with Crippen LogP contribution in [-0.2, 0) is 0 Å². The van der Waals surface area contributed by atoms with Gasteiger partial charge in [0.05, 0.1) is 16.5 Å². The third-order valence-electron chi connectivity index (χ3n) is 4.15. The molecule has 1 aliphatic rings. The molecule has 0 spiro atoms. The molecule has 3 heterocycles. The van der Waals surface area contributed by atoms with E-state index in [4.69, 9.17) is 4.98 Å². The minimum absolute atomic E-state index is 0.00713. The molecule has 1 N–H and O–H groups in total. The van der Waals surface area contributed by atoms with Crippen molar-refractivity contribution in [1.29, 1.82) is 0 Å². The van der Waals surface area contributed by atoms with Crippen LogP contribution in [-0.4, -0.2) is 51.9 Å². The van der Waals surface area contributed by atoms with Crippen LogP contribution in [0.3, 0.4) is 0 Å². The Morgan fingerprint density at radius 3 is 2.70 bits per heavy atom. The van der Waals surface area contributed by atoms with E-state index in [1.54, 1.807) is 17.7 Å². The Kier molecular flexibility index (Phi) is 3.49. The molecular formula is C16H17N5OS. The highest BCUT2D eigenvalue weighted by atomic mass is 32.1. The number of carbonyl (C=O) groups excluding carboxylic acids is 1. The van der Waals surface area contributed by atoms with Gasteiger partial charge in [-0.25, -0.2) is 9.97 Å². The fourth-order valence-electron chi connectivity index (χ4n) is 2.82. The summed E-state index contributed by atoms with van der Waals surface area (Å²) in [5.41, 5.74) is 2.39. The van der Waals surface area contributed by atoms with Gasteiger partial charge in [0.15, 0.2) is 5.13 Å². The number of aromatic nitrogens is 3. The van der Waals surface area contributed by atoms with Crippen molar-refractivity contribution < 1.29 is 4.79 Å². The Morgan fingerprint density at radius 2 is 2.00 bits per heavy atom. The SMILES string of the molecule is Cc1[nH]cnc1C(=O)N1CCN(c2nc3ccccc3s2)CC1. The lowest BCUT2D eigenvalue weighted by atomic mass is 10.2. The molecule has 0 aliphatic carbocycles. The zero-order valence-corrected chi connectivity index (χ0v) is 13.6. The first-order chi connectivity index (χ1) is 11.2. The van der Waals surface area contributed by atoms with Crippen LogP contribution in [0.25, 0.3) is 10.2 Å². The number of aryl methyl sites for hydroxylation is 1. The van der Waals surface area contributed by atoms with Crippen molar-refractivity contribution in [3.63, 3.8) is 0 Å². The molecule has 0 saturated carbocycles. The van der Waals surface area contributed by atoms with Crippen LogP contribution in [0.1, 0.15) is 16.2 Å². The summed E-state index contributed by atoms with van der Waals surface area (Å²) in [4.78, 5) is 28.4. The van der Waals surface area contributed by atoms with Crippen molar-refractivity contribution in [3.8, 4) is 0 Å². The van der Waals surface area contributed by atoms with Gasteiger partial charge in [-0.3, -0.25) is 4.79 Å². The standard InChI is InChI=1S/C16H17N5OS/c1-11-14(18-10-17-11)15(22)20-6-8-21(9-7-20)16-19-12-4-2-3-5-13(12)23-16/h2-5,10H,6-9H2,1H3,(H,17,18). The van der Waals surface area contributed by atoms with E-state index in [1.807, 2.05) is 30.0 Å². The molecular weight excluding hydrogens is 310 g/mol. The summed E-state index contributed by atoms with van der Waals surface area (Å²) in [6.07, 6.45) is 1.57. The summed E-state index contributed by atoms with van der Waals surface area (Å²) >= 11 is 1.71. The maximum Gasteiger partial charge on any atom is 0.274 e. The number of rotatable bonds is 2. The van der Waals surface area contributed by atoms with Gasteiger partial charge < -0.3 is 14.8 Å². The Balaban J connectivity index is 1.46. The van der Waals surface area contributed by atoms with Gasteiger partial charge in [-0.15, -0.1) is 0 Å². The summed E-state index contributed by atoms with van der Waals surface area (Å²) in [7, 11) is 0. The largest absolute Gasteiger partial charge is 0.348 e. The number of imidazole rings is 1. The molecule has 0 radical (unpaired) electrons. The molecule has 6 nitrogen and oxygen atoms in total. The predicted molar refractivity (Wildman–Crippen MR) is 91.1 cm³/mol. The number of hydrogen-bond acceptors (Lipinski definition) is 5. The third kappa shape index (κ3) is 2.57. The maximum absolute atomic E-state index is 12.5. The molecule has 1 aliphatic heterocycles. The van der Waals surface area contributed by atoms with Gasteiger partial charge in [-0.1, -0.05) is 23.5 Å². The van der Waals surface area contributed by atoms with Gasteiger partial charge in [0.25, 0.3) is 5.91 Å². The Labute approximate surface area is 137 Å². The fraction of sp³-hybridized carbons (Fsp3) is 0.312. The first kappa shape index (κ1) is 14.2. The lowest BCUT2D eigenvalue weighted by Gasteiger charge is -2.34. The van der Waals surface area contributed by atoms with Crippen LogP contribution in [0.15, 0.2) is 30.6 Å². The van der Waals surface area contributed by atoms with E-state index >= 15 is 0 Å². The number of hydrogen-bond donors (Lipinski definition) is 1. The summed E-state index contributed by atoms with van der Waals surface area (Å²) < 4.78 is 1.20. The maximum atomic E-state index is 12.5. The van der Waals surface area contributed by atoms with E-state index in [0.29, 0.717) is 18.8 Å². The smallest absolute Gasteiger partial charge is 0.274 e. The van der Waals surface area contributed by atoms with Crippen molar-refractivity contribution in [2.45, 2.75) is 6.92 Å². The van der Waals surface area contributed by atoms with Gasteiger partial charge in [-0.2, -0.15) is 0 Å². The zero-order chi connectivity index (χ0) is 15.8. The number of H-pyrrole nitrogens is 1. The normalized spacial score (nSPS) is 15.3. The number of carbonyl (C=O) groups is 1. The lowest BCUT2D eigenvalue weighted by molar-refractivity contribution is 0.0740. The molecule has 0 atom stereocenters. The Hall–Kier alpha value is -2.41. The van der Waals surface area contributed by atoms with Gasteiger partial charge in [0.1, 0.15) is 5.69 Å². The predicted octanol–water partition coefficient (Wildman–Crippen LogP) is 2.29. The van der Waals surface area contributed by atoms with Gasteiger partial charge >= 0.3 is 0 Å². The Morgan fingerprint density at radius 1 is 1.22 bits per heavy atom. The number of nitrogens with zero attached hydrogens (tertiary/aromatic N) is 4. The van der Waals surface area contributed by atoms with Crippen molar-refractivity contribution in [1.82, 2.24) is 19.9 Å². The third-order valence-corrected chi connectivity index (χ3v) is 5.25. The van der Waals surface area contributed by atoms with E-state index in [1.165, 1.54) is 4.70 Å². The van der Waals surface area contributed by atoms with E-state index in [-0.39, 0.29) is 5.91 Å². The highest BCUT2D eigenvalue weighted by molar-refractivity contribution is 7.22. The number of aromatic amines is 1. The van der Waals surface area contributed by atoms with Crippen molar-refractivity contribution in [3.05, 3.63) is 42.0 Å². The van der Waals surface area contributed by atoms with Crippen LogP contribution in [0.4, 0.5) is 5.13 Å². The van der Waals surface area contributed by atoms with E-state index in [0.717, 1.165) is 29.4 Å². The number of para-hydroxylation sites is 1. The molecule has 0 unspecified atom stereocenters. The minimum atomic E-state index is 0.00713. The number of thiazole rings is 1. The van der Waals surface area contributed by atoms with E-state index in [9.17, 15) is 4.79 Å². The highest BCUT2D eigenvalue weighted by Crippen LogP contribution is 2.29. The quantitative estimate of drug-likeness (QED) is 0.784. The molecule has 1 fully saturated rings. The zero-order valence-electron chi connectivity index (χ0n) is 12.8. The molecule has 118 valence electrons. The first-order valence-corrected chi connectivity index (χ1v) is 8.44. The molecule has 1 aromatic carbocycles. The van der Waals surface area contributed by atoms with Crippen LogP contribution in [0.2, 0.25) is 0 Å². The number of anilines is 1. The molecule has 23 heavy (non-hydrogen) atoms. The summed E-state index contributed by atoms with van der Waals surface area (Å²) in [5, 5.41) is 1.04. The number of piperazine rings is 1. The van der Waals surface area contributed by atoms with Crippen molar-refractivity contribution >= 4 is 32.6 Å². The average molecular weight is 327 g/mol. The molecule has 4 rings (SSSR count). The van der Waals surface area contributed by atoms with Crippen LogP contribution >= 0.6 is 11.3 Å². The first-order valence-electron chi connectivity index (χ1n) is 7.62. The topological polar surface area (TPSA) is 65.1 Å². The molecule has 1 saturated heterocycles. The number of amides is 1. The minimum Gasteiger partial charge on any atom is -0.348 e. The molecule has 1 amide bonds.